The summed E-state index contributed by atoms with van der Waals surface area (Å²) in [5, 5.41) is 25.8. The summed E-state index contributed by atoms with van der Waals surface area (Å²) in [5.74, 6) is 0.725. The lowest BCUT2D eigenvalue weighted by molar-refractivity contribution is -0.132. The van der Waals surface area contributed by atoms with Crippen LogP contribution in [0.4, 0.5) is 0 Å². The molecule has 2 aromatic carbocycles. The minimum atomic E-state index is -1.08. The zero-order valence-corrected chi connectivity index (χ0v) is 24.1. The average molecular weight is 601 g/mol. The highest BCUT2D eigenvalue weighted by Gasteiger charge is 2.45. The number of benzene rings is 2. The quantitative estimate of drug-likeness (QED) is 0.179. The number of aromatic nitrogens is 1. The van der Waals surface area contributed by atoms with Crippen molar-refractivity contribution in [2.75, 3.05) is 0 Å². The number of nitrogens with zero attached hydrogens (tertiary/aromatic N) is 1. The van der Waals surface area contributed by atoms with E-state index in [1.165, 1.54) is 13.0 Å². The Balaban J connectivity index is 1.27. The Bertz CT molecular complexity index is 1510. The van der Waals surface area contributed by atoms with E-state index in [-0.39, 0.29) is 18.1 Å². The Kier molecular flexibility index (Phi) is 8.16. The Morgan fingerprint density at radius 3 is 2.50 bits per heavy atom. The first-order valence-corrected chi connectivity index (χ1v) is 14.1. The van der Waals surface area contributed by atoms with Gasteiger partial charge in [0.2, 0.25) is 0 Å². The fraction of sp³-hybridized carbons (Fsp3) is 0.290. The molecule has 2 aliphatic rings. The number of carboxylic acid groups (broad SMARTS) is 1. The molecule has 5 rings (SSSR count). The largest absolute Gasteiger partial charge is 0.489 e. The molecule has 0 atom stereocenters. The maximum atomic E-state index is 11.2. The maximum Gasteiger partial charge on any atom is 0.331 e. The zero-order valence-electron chi connectivity index (χ0n) is 21.8. The van der Waals surface area contributed by atoms with Gasteiger partial charge in [0.15, 0.2) is 0 Å². The van der Waals surface area contributed by atoms with E-state index in [2.05, 4.69) is 11.7 Å². The second-order valence-electron chi connectivity index (χ2n) is 10.4. The van der Waals surface area contributed by atoms with Crippen LogP contribution in [0.5, 0.6) is 5.75 Å². The molecule has 0 spiro atoms. The number of carboxylic acids is 1. The standard InChI is InChI=1S/C31H28Cl3NO5/c1-17(5-3-6-18(2)30(36)37)20-14-31(38,15-20)23-12-11-21(13-26(23)34)39-16-22-28(35-40-29(22)19-9-10-19)27-24(32)7-4-8-25(27)33/h3-8,11-13,19-20,38H,1,9-10,14-16H2,2H3,(H,36,37)/b5-3-,18-6+. The second kappa shape index (κ2) is 11.5. The van der Waals surface area contributed by atoms with Crippen LogP contribution in [0.1, 0.15) is 55.4 Å². The molecule has 3 aromatic rings. The number of ether oxygens (including phenoxy) is 1. The van der Waals surface area contributed by atoms with Crippen LogP contribution in [0.25, 0.3) is 11.3 Å². The molecular formula is C31H28Cl3NO5. The van der Waals surface area contributed by atoms with Gasteiger partial charge in [0.1, 0.15) is 23.8 Å². The fourth-order valence-electron chi connectivity index (χ4n) is 4.93. The smallest absolute Gasteiger partial charge is 0.331 e. The lowest BCUT2D eigenvalue weighted by Crippen LogP contribution is -2.41. The van der Waals surface area contributed by atoms with Gasteiger partial charge in [0, 0.05) is 22.6 Å². The van der Waals surface area contributed by atoms with Crippen LogP contribution in [0.15, 0.2) is 76.9 Å². The summed E-state index contributed by atoms with van der Waals surface area (Å²) in [6.07, 6.45) is 7.94. The minimum Gasteiger partial charge on any atom is -0.489 e. The molecule has 6 nitrogen and oxygen atoms in total. The van der Waals surface area contributed by atoms with Crippen LogP contribution in [-0.4, -0.2) is 21.3 Å². The number of aliphatic hydroxyl groups is 1. The van der Waals surface area contributed by atoms with E-state index in [1.54, 1.807) is 48.6 Å². The van der Waals surface area contributed by atoms with E-state index in [0.717, 1.165) is 29.7 Å². The van der Waals surface area contributed by atoms with E-state index >= 15 is 0 Å². The molecule has 9 heteroatoms. The molecule has 2 N–H and O–H groups in total. The van der Waals surface area contributed by atoms with E-state index in [4.69, 9.17) is 49.2 Å². The molecule has 2 fully saturated rings. The first-order chi connectivity index (χ1) is 19.1. The Morgan fingerprint density at radius 2 is 1.88 bits per heavy atom. The van der Waals surface area contributed by atoms with Crippen LogP contribution in [0.3, 0.4) is 0 Å². The number of hydrogen-bond donors (Lipinski definition) is 2. The molecule has 0 saturated heterocycles. The lowest BCUT2D eigenvalue weighted by atomic mass is 9.65. The van der Waals surface area contributed by atoms with Crippen molar-refractivity contribution in [3.8, 4) is 17.0 Å². The molecule has 1 aromatic heterocycles. The summed E-state index contributed by atoms with van der Waals surface area (Å²) >= 11 is 19.5. The Hall–Kier alpha value is -3.03. The number of halogens is 3. The van der Waals surface area contributed by atoms with Gasteiger partial charge in [-0.2, -0.15) is 0 Å². The zero-order chi connectivity index (χ0) is 28.6. The number of carbonyl (C=O) groups is 1. The monoisotopic (exact) mass is 599 g/mol. The SMILES string of the molecule is C=C(/C=C\C=C(/C)C(=O)O)C1CC(O)(c2ccc(OCc3c(-c4c(Cl)cccc4Cl)noc3C3CC3)cc2Cl)C1. The van der Waals surface area contributed by atoms with Gasteiger partial charge < -0.3 is 19.5 Å². The van der Waals surface area contributed by atoms with Crippen LogP contribution in [0.2, 0.25) is 15.1 Å². The summed E-state index contributed by atoms with van der Waals surface area (Å²) in [7, 11) is 0. The van der Waals surface area contributed by atoms with Gasteiger partial charge in [0.05, 0.1) is 26.2 Å². The third kappa shape index (κ3) is 5.86. The molecule has 1 heterocycles. The van der Waals surface area contributed by atoms with Crippen LogP contribution < -0.4 is 4.74 Å². The van der Waals surface area contributed by atoms with E-state index < -0.39 is 11.6 Å². The number of aliphatic carboxylic acids is 1. The molecule has 2 aliphatic carbocycles. The van der Waals surface area contributed by atoms with Gasteiger partial charge in [-0.25, -0.2) is 4.79 Å². The number of hydrogen-bond acceptors (Lipinski definition) is 5. The van der Waals surface area contributed by atoms with E-state index in [9.17, 15) is 9.90 Å². The molecule has 0 bridgehead atoms. The van der Waals surface area contributed by atoms with Crippen molar-refractivity contribution in [1.82, 2.24) is 5.16 Å². The molecule has 40 heavy (non-hydrogen) atoms. The molecule has 208 valence electrons. The van der Waals surface area contributed by atoms with Gasteiger partial charge in [-0.3, -0.25) is 0 Å². The van der Waals surface area contributed by atoms with Crippen molar-refractivity contribution >= 4 is 40.8 Å². The van der Waals surface area contributed by atoms with Gasteiger partial charge in [-0.05, 0) is 62.8 Å². The third-order valence-electron chi connectivity index (χ3n) is 7.48. The van der Waals surface area contributed by atoms with Crippen LogP contribution in [0, 0.1) is 5.92 Å². The van der Waals surface area contributed by atoms with Gasteiger partial charge in [0.25, 0.3) is 0 Å². The van der Waals surface area contributed by atoms with Crippen molar-refractivity contribution in [1.29, 1.82) is 0 Å². The summed E-state index contributed by atoms with van der Waals surface area (Å²) in [5.41, 5.74) is 2.59. The average Bonchev–Trinajstić information content (AvgIpc) is 3.65. The Labute approximate surface area is 247 Å². The van der Waals surface area contributed by atoms with Gasteiger partial charge >= 0.3 is 5.97 Å². The van der Waals surface area contributed by atoms with Crippen molar-refractivity contribution < 1.29 is 24.3 Å². The summed E-state index contributed by atoms with van der Waals surface area (Å²) < 4.78 is 11.8. The van der Waals surface area contributed by atoms with E-state index in [0.29, 0.717) is 56.4 Å². The first kappa shape index (κ1) is 28.5. The summed E-state index contributed by atoms with van der Waals surface area (Å²) in [6, 6.07) is 10.6. The molecule has 0 amide bonds. The normalized spacial score (nSPS) is 20.9. The highest BCUT2D eigenvalue weighted by Crippen LogP contribution is 2.51. The highest BCUT2D eigenvalue weighted by atomic mass is 35.5. The Morgan fingerprint density at radius 1 is 1.18 bits per heavy atom. The van der Waals surface area contributed by atoms with Crippen molar-refractivity contribution in [2.45, 2.75) is 50.7 Å². The molecule has 0 unspecified atom stereocenters. The summed E-state index contributed by atoms with van der Waals surface area (Å²) in [6.45, 7) is 5.79. The number of rotatable bonds is 10. The predicted octanol–water partition coefficient (Wildman–Crippen LogP) is 8.50. The molecule has 0 radical (unpaired) electrons. The lowest BCUT2D eigenvalue weighted by Gasteiger charge is -2.45. The third-order valence-corrected chi connectivity index (χ3v) is 8.42. The van der Waals surface area contributed by atoms with Crippen molar-refractivity contribution in [3.05, 3.63) is 104 Å². The topological polar surface area (TPSA) is 92.8 Å². The molecule has 2 saturated carbocycles. The first-order valence-electron chi connectivity index (χ1n) is 12.9. The van der Waals surface area contributed by atoms with Crippen molar-refractivity contribution in [2.24, 2.45) is 5.92 Å². The minimum absolute atomic E-state index is 0.0660. The maximum absolute atomic E-state index is 11.2. The predicted molar refractivity (Wildman–Crippen MR) is 156 cm³/mol. The van der Waals surface area contributed by atoms with Crippen LogP contribution >= 0.6 is 34.8 Å². The highest BCUT2D eigenvalue weighted by molar-refractivity contribution is 6.39. The summed E-state index contributed by atoms with van der Waals surface area (Å²) in [4.78, 5) is 10.9. The number of allylic oxidation sites excluding steroid dienone is 4. The second-order valence-corrected chi connectivity index (χ2v) is 11.6. The van der Waals surface area contributed by atoms with Crippen LogP contribution in [-0.2, 0) is 17.0 Å². The van der Waals surface area contributed by atoms with Gasteiger partial charge in [-0.15, -0.1) is 0 Å². The van der Waals surface area contributed by atoms with E-state index in [1.807, 2.05) is 0 Å². The molecular weight excluding hydrogens is 573 g/mol. The van der Waals surface area contributed by atoms with Crippen molar-refractivity contribution in [3.63, 3.8) is 0 Å². The fourth-order valence-corrected chi connectivity index (χ4v) is 5.85. The van der Waals surface area contributed by atoms with Gasteiger partial charge in [-0.1, -0.05) is 82.5 Å². The molecule has 0 aliphatic heterocycles.